The van der Waals surface area contributed by atoms with Crippen molar-refractivity contribution in [3.63, 3.8) is 0 Å². The molecule has 0 heterocycles. The summed E-state index contributed by atoms with van der Waals surface area (Å²) in [4.78, 5) is 0.0978. The number of hydrogen-bond donors (Lipinski definition) is 2. The number of sulfonamides is 2. The van der Waals surface area contributed by atoms with Crippen molar-refractivity contribution in [2.24, 2.45) is 0 Å². The molecular formula is C18H23ClN2O4S2. The van der Waals surface area contributed by atoms with Crippen LogP contribution >= 0.6 is 11.6 Å². The first kappa shape index (κ1) is 21.8. The topological polar surface area (TPSA) is 92.3 Å². The number of aryl methyl sites for hydroxylation is 1. The molecule has 0 aliphatic rings. The molecule has 6 nitrogen and oxygen atoms in total. The Labute approximate surface area is 166 Å². The number of halogens is 1. The fraction of sp³-hybridized carbons (Fsp3) is 0.333. The van der Waals surface area contributed by atoms with E-state index in [0.29, 0.717) is 10.6 Å². The molecule has 9 heteroatoms. The van der Waals surface area contributed by atoms with E-state index in [9.17, 15) is 16.8 Å². The molecule has 0 aliphatic heterocycles. The molecule has 0 saturated carbocycles. The number of hydrogen-bond acceptors (Lipinski definition) is 4. The second-order valence-corrected chi connectivity index (χ2v) is 10.5. The normalized spacial score (nSPS) is 12.5. The van der Waals surface area contributed by atoms with E-state index in [1.54, 1.807) is 51.1 Å². The third-order valence-electron chi connectivity index (χ3n) is 3.71. The van der Waals surface area contributed by atoms with Crippen molar-refractivity contribution in [1.82, 2.24) is 9.44 Å². The Morgan fingerprint density at radius 2 is 1.56 bits per heavy atom. The van der Waals surface area contributed by atoms with Gasteiger partial charge in [0.1, 0.15) is 0 Å². The first-order chi connectivity index (χ1) is 12.5. The maximum absolute atomic E-state index is 12.4. The van der Waals surface area contributed by atoms with E-state index in [4.69, 9.17) is 11.6 Å². The molecule has 0 fully saturated rings. The van der Waals surface area contributed by atoms with Crippen LogP contribution in [0.5, 0.6) is 0 Å². The summed E-state index contributed by atoms with van der Waals surface area (Å²) in [5.74, 6) is -0.126. The van der Waals surface area contributed by atoms with Gasteiger partial charge in [0.15, 0.2) is 0 Å². The number of nitrogens with one attached hydrogen (secondary N) is 2. The Morgan fingerprint density at radius 3 is 2.11 bits per heavy atom. The Hall–Kier alpha value is -1.45. The molecule has 2 N–H and O–H groups in total. The molecule has 0 aliphatic carbocycles. The van der Waals surface area contributed by atoms with E-state index in [-0.39, 0.29) is 23.2 Å². The zero-order valence-electron chi connectivity index (χ0n) is 15.4. The number of rotatable bonds is 8. The molecule has 148 valence electrons. The predicted octanol–water partition coefficient (Wildman–Crippen LogP) is 2.95. The highest BCUT2D eigenvalue weighted by Gasteiger charge is 2.16. The van der Waals surface area contributed by atoms with Gasteiger partial charge in [-0.15, -0.1) is 0 Å². The van der Waals surface area contributed by atoms with Gasteiger partial charge in [-0.1, -0.05) is 41.9 Å². The average Bonchev–Trinajstić information content (AvgIpc) is 2.55. The third kappa shape index (κ3) is 6.58. The van der Waals surface area contributed by atoms with Crippen molar-refractivity contribution in [2.45, 2.75) is 44.0 Å². The summed E-state index contributed by atoms with van der Waals surface area (Å²) in [6, 6.07) is 11.1. The van der Waals surface area contributed by atoms with E-state index in [1.807, 2.05) is 0 Å². The van der Waals surface area contributed by atoms with E-state index in [0.717, 1.165) is 11.1 Å². The summed E-state index contributed by atoms with van der Waals surface area (Å²) in [7, 11) is -7.09. The van der Waals surface area contributed by atoms with Crippen LogP contribution in [-0.4, -0.2) is 22.9 Å². The summed E-state index contributed by atoms with van der Waals surface area (Å²) >= 11 is 5.99. The van der Waals surface area contributed by atoms with Crippen LogP contribution in [0.1, 0.15) is 30.5 Å². The van der Waals surface area contributed by atoms with Crippen LogP contribution in [0.25, 0.3) is 0 Å². The molecule has 0 bridgehead atoms. The smallest absolute Gasteiger partial charge is 0.212 e. The minimum Gasteiger partial charge on any atom is -0.212 e. The lowest BCUT2D eigenvalue weighted by Crippen LogP contribution is -2.31. The van der Waals surface area contributed by atoms with E-state index >= 15 is 0 Å². The third-order valence-corrected chi connectivity index (χ3v) is 7.06. The van der Waals surface area contributed by atoms with E-state index in [2.05, 4.69) is 9.44 Å². The van der Waals surface area contributed by atoms with Gasteiger partial charge in [-0.25, -0.2) is 26.3 Å². The van der Waals surface area contributed by atoms with Gasteiger partial charge >= 0.3 is 0 Å². The minimum atomic E-state index is -3.69. The van der Waals surface area contributed by atoms with Crippen LogP contribution < -0.4 is 9.44 Å². The van der Waals surface area contributed by atoms with Crippen molar-refractivity contribution in [2.75, 3.05) is 0 Å². The fourth-order valence-corrected chi connectivity index (χ4v) is 5.10. The van der Waals surface area contributed by atoms with Gasteiger partial charge in [0.05, 0.1) is 10.6 Å². The van der Waals surface area contributed by atoms with Crippen molar-refractivity contribution in [1.29, 1.82) is 0 Å². The zero-order chi connectivity index (χ0) is 20.2. The summed E-state index contributed by atoms with van der Waals surface area (Å²) < 4.78 is 53.7. The molecule has 0 aromatic heterocycles. The van der Waals surface area contributed by atoms with Crippen LogP contribution in [0, 0.1) is 6.92 Å². The Kier molecular flexibility index (Phi) is 7.04. The van der Waals surface area contributed by atoms with Gasteiger partial charge in [-0.3, -0.25) is 0 Å². The van der Waals surface area contributed by atoms with Gasteiger partial charge < -0.3 is 0 Å². The lowest BCUT2D eigenvalue weighted by molar-refractivity contribution is 0.569. The average molecular weight is 431 g/mol. The SMILES string of the molecule is Cc1ccc(S(=O)(=O)NCc2ccc(CS(=O)(=O)NC(C)C)cc2)cc1Cl. The fourth-order valence-electron chi connectivity index (χ4n) is 2.38. The van der Waals surface area contributed by atoms with Gasteiger partial charge in [-0.2, -0.15) is 0 Å². The molecule has 0 amide bonds. The Bertz CT molecular complexity index is 1000. The van der Waals surface area contributed by atoms with Gasteiger partial charge in [0, 0.05) is 17.6 Å². The highest BCUT2D eigenvalue weighted by molar-refractivity contribution is 7.89. The molecule has 2 rings (SSSR count). The summed E-state index contributed by atoms with van der Waals surface area (Å²) in [6.07, 6.45) is 0. The quantitative estimate of drug-likeness (QED) is 0.673. The Balaban J connectivity index is 2.03. The van der Waals surface area contributed by atoms with Crippen LogP contribution in [0.3, 0.4) is 0 Å². The zero-order valence-corrected chi connectivity index (χ0v) is 17.7. The predicted molar refractivity (Wildman–Crippen MR) is 108 cm³/mol. The summed E-state index contributed by atoms with van der Waals surface area (Å²) in [5.41, 5.74) is 2.14. The van der Waals surface area contributed by atoms with Crippen molar-refractivity contribution >= 4 is 31.6 Å². The Morgan fingerprint density at radius 1 is 0.963 bits per heavy atom. The second kappa shape index (κ2) is 8.70. The van der Waals surface area contributed by atoms with Gasteiger partial charge in [0.2, 0.25) is 20.0 Å². The highest BCUT2D eigenvalue weighted by Crippen LogP contribution is 2.20. The van der Waals surface area contributed by atoms with Crippen LogP contribution in [0.2, 0.25) is 5.02 Å². The van der Waals surface area contributed by atoms with Crippen LogP contribution in [0.4, 0.5) is 0 Å². The monoisotopic (exact) mass is 430 g/mol. The molecule has 2 aromatic carbocycles. The molecule has 2 aromatic rings. The van der Waals surface area contributed by atoms with E-state index in [1.165, 1.54) is 12.1 Å². The van der Waals surface area contributed by atoms with Crippen LogP contribution in [-0.2, 0) is 32.3 Å². The molecule has 27 heavy (non-hydrogen) atoms. The maximum Gasteiger partial charge on any atom is 0.240 e. The highest BCUT2D eigenvalue weighted by atomic mass is 35.5. The van der Waals surface area contributed by atoms with Crippen LogP contribution in [0.15, 0.2) is 47.4 Å². The first-order valence-corrected chi connectivity index (χ1v) is 11.8. The first-order valence-electron chi connectivity index (χ1n) is 8.32. The second-order valence-electron chi connectivity index (χ2n) is 6.58. The molecule has 0 atom stereocenters. The summed E-state index contributed by atoms with van der Waals surface area (Å²) in [6.45, 7) is 5.40. The standard InChI is InChI=1S/C18H23ClN2O4S2/c1-13(2)21-26(22,23)12-16-7-5-15(6-8-16)11-20-27(24,25)17-9-4-14(3)18(19)10-17/h4-10,13,20-21H,11-12H2,1-3H3. The molecule has 0 spiro atoms. The lowest BCUT2D eigenvalue weighted by Gasteiger charge is -2.11. The number of benzene rings is 2. The minimum absolute atomic E-state index is 0.0884. The summed E-state index contributed by atoms with van der Waals surface area (Å²) in [5, 5.41) is 0.387. The van der Waals surface area contributed by atoms with E-state index < -0.39 is 20.0 Å². The van der Waals surface area contributed by atoms with Gasteiger partial charge in [0.25, 0.3) is 0 Å². The lowest BCUT2D eigenvalue weighted by atomic mass is 10.1. The maximum atomic E-state index is 12.4. The molecule has 0 saturated heterocycles. The van der Waals surface area contributed by atoms with Crippen molar-refractivity contribution < 1.29 is 16.8 Å². The van der Waals surface area contributed by atoms with Gasteiger partial charge in [-0.05, 0) is 49.6 Å². The molecule has 0 radical (unpaired) electrons. The largest absolute Gasteiger partial charge is 0.240 e. The molecule has 0 unspecified atom stereocenters. The molecular weight excluding hydrogens is 408 g/mol. The van der Waals surface area contributed by atoms with Crippen molar-refractivity contribution in [3.8, 4) is 0 Å². The van der Waals surface area contributed by atoms with Crippen molar-refractivity contribution in [3.05, 3.63) is 64.2 Å².